The van der Waals surface area contributed by atoms with Gasteiger partial charge in [-0.25, -0.2) is 0 Å². The van der Waals surface area contributed by atoms with E-state index in [1.807, 2.05) is 55.4 Å². The van der Waals surface area contributed by atoms with Crippen LogP contribution in [0.15, 0.2) is 48.5 Å². The van der Waals surface area contributed by atoms with Crippen molar-refractivity contribution in [2.45, 2.75) is 152 Å². The van der Waals surface area contributed by atoms with Crippen molar-refractivity contribution in [1.82, 2.24) is 20.8 Å². The zero-order chi connectivity index (χ0) is 39.4. The number of nitrogens with one attached hydrogen (secondary N) is 2. The number of ether oxygens (including phenoxy) is 4. The molecule has 6 atom stereocenters. The van der Waals surface area contributed by atoms with Crippen molar-refractivity contribution >= 4 is 11.8 Å². The highest BCUT2D eigenvalue weighted by Gasteiger charge is 2.50. The molecule has 4 saturated heterocycles. The van der Waals surface area contributed by atoms with Crippen molar-refractivity contribution in [2.24, 2.45) is 0 Å². The molecule has 0 aliphatic carbocycles. The molecular formula is C40H56N4O10. The molecule has 0 bridgehead atoms. The van der Waals surface area contributed by atoms with Crippen LogP contribution in [-0.4, -0.2) is 104 Å². The summed E-state index contributed by atoms with van der Waals surface area (Å²) in [5.41, 5.74) is -0.672. The van der Waals surface area contributed by atoms with Gasteiger partial charge in [-0.15, -0.1) is 20.5 Å². The fourth-order valence-electron chi connectivity index (χ4n) is 9.03. The van der Waals surface area contributed by atoms with Crippen LogP contribution in [0.25, 0.3) is 0 Å². The molecule has 4 fully saturated rings. The standard InChI is InChI=1S/C40H56N4O10/c1-37(2)17-27(18-38(3,4)43(37)49)41-33(47)23-11-9-13-25(15-23)35-51-22-30-32(54-35)31(29(46)21-45)53-36(52-30)26-14-10-12-24(16-26)34(48)42-28-19-39(5,6)44(50)40(7,8)20-28/h9-16,27-32,35-36,45-46H,17-22H2,1-8H3,(H,41,47)(H,42,48). The van der Waals surface area contributed by atoms with E-state index in [1.54, 1.807) is 48.5 Å². The third-order valence-corrected chi connectivity index (χ3v) is 11.2. The summed E-state index contributed by atoms with van der Waals surface area (Å²) in [7, 11) is 0. The lowest BCUT2D eigenvalue weighted by Crippen LogP contribution is -2.62. The summed E-state index contributed by atoms with van der Waals surface area (Å²) in [5, 5.41) is 55.0. The maximum absolute atomic E-state index is 13.5. The van der Waals surface area contributed by atoms with E-state index in [0.29, 0.717) is 47.9 Å². The minimum absolute atomic E-state index is 0.0579. The Balaban J connectivity index is 1.12. The number of carbonyl (C=O) groups is 2. The molecule has 0 aromatic heterocycles. The van der Waals surface area contributed by atoms with Gasteiger partial charge in [0.2, 0.25) is 0 Å². The lowest BCUT2D eigenvalue weighted by molar-refractivity contribution is -0.373. The maximum atomic E-state index is 13.5. The minimum Gasteiger partial charge on any atom is -0.394 e. The van der Waals surface area contributed by atoms with E-state index in [9.17, 15) is 30.2 Å². The number of aliphatic hydroxyl groups excluding tert-OH is 2. The topological polar surface area (TPSA) is 182 Å². The van der Waals surface area contributed by atoms with Crippen LogP contribution < -0.4 is 10.6 Å². The molecule has 4 aliphatic heterocycles. The minimum atomic E-state index is -1.32. The highest BCUT2D eigenvalue weighted by atomic mass is 16.8. The lowest BCUT2D eigenvalue weighted by Gasteiger charge is -2.50. The van der Waals surface area contributed by atoms with E-state index in [0.717, 1.165) is 10.1 Å². The van der Waals surface area contributed by atoms with Crippen LogP contribution in [0.4, 0.5) is 0 Å². The van der Waals surface area contributed by atoms with Gasteiger partial charge in [0.25, 0.3) is 11.8 Å². The maximum Gasteiger partial charge on any atom is 0.251 e. The summed E-state index contributed by atoms with van der Waals surface area (Å²) in [6, 6.07) is 13.3. The van der Waals surface area contributed by atoms with Crippen molar-refractivity contribution in [1.29, 1.82) is 0 Å². The van der Waals surface area contributed by atoms with Crippen LogP contribution in [-0.2, 0) is 29.4 Å². The molecular weight excluding hydrogens is 696 g/mol. The predicted molar refractivity (Wildman–Crippen MR) is 194 cm³/mol. The summed E-state index contributed by atoms with van der Waals surface area (Å²) >= 11 is 0. The Bertz CT molecular complexity index is 1650. The zero-order valence-corrected chi connectivity index (χ0v) is 32.5. The quantitative estimate of drug-likeness (QED) is 0.306. The molecule has 2 aromatic rings. The van der Waals surface area contributed by atoms with Crippen molar-refractivity contribution in [3.05, 3.63) is 70.8 Å². The fraction of sp³-hybridized carbons (Fsp3) is 0.650. The van der Waals surface area contributed by atoms with Gasteiger partial charge in [0, 0.05) is 56.5 Å². The lowest BCUT2D eigenvalue weighted by atomic mass is 9.79. The second-order valence-corrected chi connectivity index (χ2v) is 17.9. The van der Waals surface area contributed by atoms with Crippen molar-refractivity contribution < 1.29 is 49.2 Å². The number of fused-ring (bicyclic) bond motifs is 1. The summed E-state index contributed by atoms with van der Waals surface area (Å²) in [4.78, 5) is 26.9. The third kappa shape index (κ3) is 8.38. The zero-order valence-electron chi connectivity index (χ0n) is 32.5. The molecule has 6 rings (SSSR count). The van der Waals surface area contributed by atoms with E-state index < -0.39 is 65.8 Å². The first-order valence-corrected chi connectivity index (χ1v) is 18.8. The van der Waals surface area contributed by atoms with E-state index in [1.165, 1.54) is 0 Å². The molecule has 54 heavy (non-hydrogen) atoms. The van der Waals surface area contributed by atoms with Gasteiger partial charge in [-0.3, -0.25) is 9.59 Å². The van der Waals surface area contributed by atoms with Crippen LogP contribution in [0.3, 0.4) is 0 Å². The van der Waals surface area contributed by atoms with E-state index >= 15 is 0 Å². The number of hydrogen-bond acceptors (Lipinski definition) is 10. The van der Waals surface area contributed by atoms with Gasteiger partial charge in [-0.2, -0.15) is 0 Å². The number of hydrogen-bond donors (Lipinski definition) is 4. The van der Waals surface area contributed by atoms with Crippen molar-refractivity contribution in [3.8, 4) is 0 Å². The third-order valence-electron chi connectivity index (χ3n) is 11.2. The molecule has 2 aromatic carbocycles. The molecule has 14 heteroatoms. The van der Waals surface area contributed by atoms with Crippen molar-refractivity contribution in [3.63, 3.8) is 0 Å². The average molecular weight is 753 g/mol. The highest BCUT2D eigenvalue weighted by Crippen LogP contribution is 2.41. The Labute approximate surface area is 317 Å². The molecule has 2 radical (unpaired) electrons. The van der Waals surface area contributed by atoms with Gasteiger partial charge >= 0.3 is 0 Å². The number of nitrogens with zero attached hydrogens (tertiary/aromatic N) is 2. The van der Waals surface area contributed by atoms with Gasteiger partial charge < -0.3 is 39.8 Å². The number of amides is 2. The Hall–Kier alpha value is -3.02. The molecule has 4 N–H and O–H groups in total. The first kappa shape index (κ1) is 40.6. The Morgan fingerprint density at radius 2 is 1.17 bits per heavy atom. The smallest absolute Gasteiger partial charge is 0.251 e. The van der Waals surface area contributed by atoms with Crippen molar-refractivity contribution in [2.75, 3.05) is 13.2 Å². The van der Waals surface area contributed by atoms with Gasteiger partial charge in [-0.05, 0) is 105 Å². The summed E-state index contributed by atoms with van der Waals surface area (Å²) < 4.78 is 25.0. The molecule has 6 unspecified atom stereocenters. The van der Waals surface area contributed by atoms with Gasteiger partial charge in [0.05, 0.1) is 13.2 Å². The second kappa shape index (κ2) is 15.1. The Kier molecular flexibility index (Phi) is 11.4. The van der Waals surface area contributed by atoms with Crippen LogP contribution in [0, 0.1) is 0 Å². The molecule has 4 heterocycles. The van der Waals surface area contributed by atoms with E-state index in [4.69, 9.17) is 18.9 Å². The normalized spacial score (nSPS) is 30.6. The fourth-order valence-corrected chi connectivity index (χ4v) is 9.03. The van der Waals surface area contributed by atoms with Crippen LogP contribution in [0.5, 0.6) is 0 Å². The summed E-state index contributed by atoms with van der Waals surface area (Å²) in [5.74, 6) is -0.573. The van der Waals surface area contributed by atoms with Crippen LogP contribution in [0.1, 0.15) is 125 Å². The predicted octanol–water partition coefficient (Wildman–Crippen LogP) is 4.13. The molecule has 4 aliphatic rings. The van der Waals surface area contributed by atoms with E-state index in [-0.39, 0.29) is 30.5 Å². The molecule has 2 amide bonds. The highest BCUT2D eigenvalue weighted by molar-refractivity contribution is 5.95. The van der Waals surface area contributed by atoms with Gasteiger partial charge in [-0.1, -0.05) is 24.3 Å². The number of benzene rings is 2. The molecule has 0 saturated carbocycles. The Morgan fingerprint density at radius 1 is 0.722 bits per heavy atom. The monoisotopic (exact) mass is 752 g/mol. The second-order valence-electron chi connectivity index (χ2n) is 17.9. The first-order valence-electron chi connectivity index (χ1n) is 18.8. The summed E-state index contributed by atoms with van der Waals surface area (Å²) in [6.45, 7) is 14.5. The number of piperidine rings is 2. The van der Waals surface area contributed by atoms with E-state index in [2.05, 4.69) is 10.6 Å². The number of rotatable bonds is 8. The SMILES string of the molecule is CC1(C)CC(NC(=O)c2cccc(C3OC4COC(c5cccc(C(=O)NC6CC(C)(C)N([O])C(C)(C)C6)c5)OC4C(C(O)CO)O3)c2)CC(C)(C)N1[O]. The number of aliphatic hydroxyl groups is 2. The first-order chi connectivity index (χ1) is 25.2. The molecule has 14 nitrogen and oxygen atoms in total. The van der Waals surface area contributed by atoms with Crippen LogP contribution in [0.2, 0.25) is 0 Å². The van der Waals surface area contributed by atoms with Gasteiger partial charge in [0.1, 0.15) is 24.4 Å². The molecule has 296 valence electrons. The van der Waals surface area contributed by atoms with Crippen LogP contribution >= 0.6 is 0 Å². The molecule has 0 spiro atoms. The largest absolute Gasteiger partial charge is 0.394 e. The number of carbonyl (C=O) groups excluding carboxylic acids is 2. The number of hydroxylamine groups is 4. The summed E-state index contributed by atoms with van der Waals surface area (Å²) in [6.07, 6.45) is -3.79. The average Bonchev–Trinajstić information content (AvgIpc) is 3.11. The Morgan fingerprint density at radius 3 is 1.61 bits per heavy atom. The van der Waals surface area contributed by atoms with Gasteiger partial charge in [0.15, 0.2) is 12.6 Å².